The number of aromatic nitrogens is 3. The van der Waals surface area contributed by atoms with E-state index in [4.69, 9.17) is 22.2 Å². The molecule has 0 saturated heterocycles. The van der Waals surface area contributed by atoms with Gasteiger partial charge in [0, 0.05) is 27.4 Å². The molecule has 1 heterocycles. The first-order valence-electron chi connectivity index (χ1n) is 11.4. The molecule has 12 heteroatoms. The topological polar surface area (TPSA) is 137 Å². The van der Waals surface area contributed by atoms with Gasteiger partial charge in [0.15, 0.2) is 5.78 Å². The standard InChI is InChI=1S/C26H24ClN7O3S/c1-17(35)18-10-12-21(13-11-18)30-24(36)16-38-26-33-32-25(34(26)28)31-29-14-19-6-3-5-9-23(19)37-15-20-7-2-4-8-22(20)27/h2-14H,15-16,28H2,1H3,(H,30,36)(H,31,32)/b29-14+. The fourth-order valence-corrected chi connectivity index (χ4v) is 4.06. The molecule has 194 valence electrons. The van der Waals surface area contributed by atoms with Crippen molar-refractivity contribution in [2.45, 2.75) is 18.7 Å². The molecule has 0 atom stereocenters. The van der Waals surface area contributed by atoms with Crippen LogP contribution < -0.4 is 21.3 Å². The van der Waals surface area contributed by atoms with Gasteiger partial charge in [-0.05, 0) is 49.4 Å². The highest BCUT2D eigenvalue weighted by atomic mass is 35.5. The zero-order chi connectivity index (χ0) is 26.9. The van der Waals surface area contributed by atoms with Crippen LogP contribution in [0.25, 0.3) is 0 Å². The summed E-state index contributed by atoms with van der Waals surface area (Å²) in [6.45, 7) is 1.80. The molecule has 10 nitrogen and oxygen atoms in total. The molecule has 4 rings (SSSR count). The van der Waals surface area contributed by atoms with E-state index in [1.165, 1.54) is 11.6 Å². The third-order valence-corrected chi connectivity index (χ3v) is 6.51. The van der Waals surface area contributed by atoms with Crippen molar-refractivity contribution in [2.75, 3.05) is 22.3 Å². The highest BCUT2D eigenvalue weighted by Gasteiger charge is 2.12. The maximum absolute atomic E-state index is 12.3. The minimum absolute atomic E-state index is 0.0413. The van der Waals surface area contributed by atoms with Crippen LogP contribution in [-0.4, -0.2) is 38.5 Å². The summed E-state index contributed by atoms with van der Waals surface area (Å²) in [7, 11) is 0. The number of nitrogen functional groups attached to an aromatic ring is 1. The number of ketones is 1. The molecule has 3 aromatic carbocycles. The second kappa shape index (κ2) is 12.7. The number of anilines is 2. The molecule has 4 aromatic rings. The SMILES string of the molecule is CC(=O)c1ccc(NC(=O)CSc2nnc(N/N=C/c3ccccc3OCc3ccccc3Cl)n2N)cc1. The van der Waals surface area contributed by atoms with E-state index in [9.17, 15) is 9.59 Å². The van der Waals surface area contributed by atoms with Crippen LogP contribution in [-0.2, 0) is 11.4 Å². The molecule has 0 bridgehead atoms. The van der Waals surface area contributed by atoms with Gasteiger partial charge in [-0.3, -0.25) is 9.59 Å². The molecular formula is C26H24ClN7O3S. The molecule has 0 aliphatic heterocycles. The number of carbonyl (C=O) groups is 2. The Morgan fingerprint density at radius 1 is 1.08 bits per heavy atom. The largest absolute Gasteiger partial charge is 0.488 e. The van der Waals surface area contributed by atoms with Crippen LogP contribution in [0.5, 0.6) is 5.75 Å². The van der Waals surface area contributed by atoms with Gasteiger partial charge in [-0.2, -0.15) is 5.10 Å². The number of halogens is 1. The second-order valence-corrected chi connectivity index (χ2v) is 9.28. The highest BCUT2D eigenvalue weighted by molar-refractivity contribution is 7.99. The Hall–Kier alpha value is -4.35. The first-order chi connectivity index (χ1) is 18.4. The number of nitrogens with zero attached hydrogens (tertiary/aromatic N) is 4. The van der Waals surface area contributed by atoms with Crippen molar-refractivity contribution in [3.05, 3.63) is 94.5 Å². The van der Waals surface area contributed by atoms with Gasteiger partial charge >= 0.3 is 0 Å². The predicted octanol–water partition coefficient (Wildman–Crippen LogP) is 4.60. The van der Waals surface area contributed by atoms with Crippen LogP contribution >= 0.6 is 23.4 Å². The first-order valence-corrected chi connectivity index (χ1v) is 12.8. The smallest absolute Gasteiger partial charge is 0.264 e. The molecule has 1 aromatic heterocycles. The number of thioether (sulfide) groups is 1. The van der Waals surface area contributed by atoms with Crippen LogP contribution in [0.1, 0.15) is 28.4 Å². The quantitative estimate of drug-likeness (QED) is 0.0811. The zero-order valence-corrected chi connectivity index (χ0v) is 21.9. The van der Waals surface area contributed by atoms with Crippen molar-refractivity contribution in [1.82, 2.24) is 14.9 Å². The van der Waals surface area contributed by atoms with Gasteiger partial charge in [0.25, 0.3) is 5.95 Å². The van der Waals surface area contributed by atoms with Gasteiger partial charge in [0.1, 0.15) is 12.4 Å². The van der Waals surface area contributed by atoms with E-state index < -0.39 is 0 Å². The molecule has 0 aliphatic rings. The average molecular weight is 550 g/mol. The number of ether oxygens (including phenoxy) is 1. The van der Waals surface area contributed by atoms with E-state index >= 15 is 0 Å². The maximum atomic E-state index is 12.3. The lowest BCUT2D eigenvalue weighted by molar-refractivity contribution is -0.113. The summed E-state index contributed by atoms with van der Waals surface area (Å²) in [5.74, 6) is 6.64. The lowest BCUT2D eigenvalue weighted by Gasteiger charge is -2.10. The Kier molecular flexibility index (Phi) is 8.96. The molecule has 0 fully saturated rings. The van der Waals surface area contributed by atoms with Crippen molar-refractivity contribution in [1.29, 1.82) is 0 Å². The number of para-hydroxylation sites is 1. The number of nitrogens with two attached hydrogens (primary N) is 1. The third kappa shape index (κ3) is 7.11. The molecule has 0 spiro atoms. The van der Waals surface area contributed by atoms with Gasteiger partial charge in [-0.25, -0.2) is 10.1 Å². The van der Waals surface area contributed by atoms with Crippen molar-refractivity contribution in [3.8, 4) is 5.75 Å². The molecule has 0 radical (unpaired) electrons. The number of hydrogen-bond acceptors (Lipinski definition) is 9. The molecule has 0 saturated carbocycles. The molecule has 1 amide bonds. The fraction of sp³-hybridized carbons (Fsp3) is 0.115. The third-order valence-electron chi connectivity index (χ3n) is 5.20. The van der Waals surface area contributed by atoms with E-state index in [-0.39, 0.29) is 23.4 Å². The van der Waals surface area contributed by atoms with Crippen molar-refractivity contribution >= 4 is 52.9 Å². The number of amides is 1. The molecule has 4 N–H and O–H groups in total. The Morgan fingerprint density at radius 2 is 1.82 bits per heavy atom. The van der Waals surface area contributed by atoms with Gasteiger partial charge < -0.3 is 15.9 Å². The summed E-state index contributed by atoms with van der Waals surface area (Å²) in [4.78, 5) is 23.7. The number of carbonyl (C=O) groups excluding carboxylic acids is 2. The number of rotatable bonds is 11. The summed E-state index contributed by atoms with van der Waals surface area (Å²) in [5, 5.41) is 15.9. The van der Waals surface area contributed by atoms with E-state index in [1.807, 2.05) is 48.5 Å². The number of hydrazone groups is 1. The molecule has 38 heavy (non-hydrogen) atoms. The Bertz CT molecular complexity index is 1460. The lowest BCUT2D eigenvalue weighted by atomic mass is 10.1. The predicted molar refractivity (Wildman–Crippen MR) is 149 cm³/mol. The van der Waals surface area contributed by atoms with E-state index in [2.05, 4.69) is 26.0 Å². The molecule has 0 aliphatic carbocycles. The number of Topliss-reactive ketones (excluding diaryl/α,β-unsaturated/α-hetero) is 1. The van der Waals surface area contributed by atoms with Crippen molar-refractivity contribution < 1.29 is 14.3 Å². The summed E-state index contributed by atoms with van der Waals surface area (Å²) in [5.41, 5.74) is 5.52. The first kappa shape index (κ1) is 26.7. The Morgan fingerprint density at radius 3 is 2.58 bits per heavy atom. The number of benzene rings is 3. The highest BCUT2D eigenvalue weighted by Crippen LogP contribution is 2.21. The molecular weight excluding hydrogens is 526 g/mol. The Balaban J connectivity index is 1.30. The summed E-state index contributed by atoms with van der Waals surface area (Å²) in [6, 6.07) is 21.6. The van der Waals surface area contributed by atoms with Crippen molar-refractivity contribution in [3.63, 3.8) is 0 Å². The summed E-state index contributed by atoms with van der Waals surface area (Å²) >= 11 is 7.33. The maximum Gasteiger partial charge on any atom is 0.264 e. The van der Waals surface area contributed by atoms with Crippen LogP contribution in [0.3, 0.4) is 0 Å². The van der Waals surface area contributed by atoms with Crippen LogP contribution in [0, 0.1) is 0 Å². The van der Waals surface area contributed by atoms with E-state index in [1.54, 1.807) is 30.5 Å². The molecule has 0 unspecified atom stereocenters. The zero-order valence-electron chi connectivity index (χ0n) is 20.3. The van der Waals surface area contributed by atoms with Gasteiger partial charge in [-0.15, -0.1) is 10.2 Å². The van der Waals surface area contributed by atoms with Crippen LogP contribution in [0.2, 0.25) is 5.02 Å². The summed E-state index contributed by atoms with van der Waals surface area (Å²) < 4.78 is 7.14. The fourth-order valence-electron chi connectivity index (χ4n) is 3.22. The number of hydrogen-bond donors (Lipinski definition) is 3. The average Bonchev–Trinajstić information content (AvgIpc) is 3.27. The van der Waals surface area contributed by atoms with Crippen LogP contribution in [0.15, 0.2) is 83.1 Å². The number of nitrogens with one attached hydrogen (secondary N) is 2. The summed E-state index contributed by atoms with van der Waals surface area (Å²) in [6.07, 6.45) is 1.58. The van der Waals surface area contributed by atoms with Crippen LogP contribution in [0.4, 0.5) is 11.6 Å². The minimum atomic E-state index is -0.255. The minimum Gasteiger partial charge on any atom is -0.488 e. The Labute approximate surface area is 228 Å². The lowest BCUT2D eigenvalue weighted by Crippen LogP contribution is -2.17. The van der Waals surface area contributed by atoms with Gasteiger partial charge in [-0.1, -0.05) is 53.7 Å². The van der Waals surface area contributed by atoms with Crippen molar-refractivity contribution in [2.24, 2.45) is 5.10 Å². The normalized spacial score (nSPS) is 10.9. The van der Waals surface area contributed by atoms with E-state index in [0.29, 0.717) is 33.8 Å². The van der Waals surface area contributed by atoms with Gasteiger partial charge in [0.05, 0.1) is 12.0 Å². The monoisotopic (exact) mass is 549 g/mol. The van der Waals surface area contributed by atoms with Gasteiger partial charge in [0.2, 0.25) is 11.1 Å². The second-order valence-electron chi connectivity index (χ2n) is 7.93. The van der Waals surface area contributed by atoms with E-state index in [0.717, 1.165) is 22.9 Å².